The average Bonchev–Trinajstić information content (AvgIpc) is 3.28. The zero-order chi connectivity index (χ0) is 18.0. The first-order valence-corrected chi connectivity index (χ1v) is 9.51. The smallest absolute Gasteiger partial charge is 0.307 e. The van der Waals surface area contributed by atoms with Crippen LogP contribution < -0.4 is 0 Å². The van der Waals surface area contributed by atoms with Crippen LogP contribution in [0.5, 0.6) is 0 Å². The van der Waals surface area contributed by atoms with E-state index in [1.165, 1.54) is 4.88 Å². The Morgan fingerprint density at radius 1 is 1.36 bits per heavy atom. The van der Waals surface area contributed by atoms with E-state index in [-0.39, 0.29) is 11.7 Å². The quantitative estimate of drug-likeness (QED) is 0.771. The Morgan fingerprint density at radius 3 is 2.80 bits per heavy atom. The summed E-state index contributed by atoms with van der Waals surface area (Å²) in [4.78, 5) is 27.1. The van der Waals surface area contributed by atoms with Crippen LogP contribution in [0, 0.1) is 19.8 Å². The molecule has 0 aromatic carbocycles. The molecule has 0 radical (unpaired) electrons. The van der Waals surface area contributed by atoms with Crippen molar-refractivity contribution in [1.29, 1.82) is 0 Å². The summed E-state index contributed by atoms with van der Waals surface area (Å²) in [7, 11) is 0. The first kappa shape index (κ1) is 17.9. The van der Waals surface area contributed by atoms with Gasteiger partial charge in [0.1, 0.15) is 0 Å². The number of Topliss-reactive ketones (excluding diaryl/α,β-unsaturated/α-hetero) is 1. The molecule has 1 atom stereocenters. The first-order chi connectivity index (χ1) is 12.0. The molecule has 1 fully saturated rings. The molecule has 1 unspecified atom stereocenters. The minimum atomic E-state index is -0.762. The van der Waals surface area contributed by atoms with Crippen LogP contribution in [-0.4, -0.2) is 46.0 Å². The Hall–Kier alpha value is -1.92. The molecule has 2 aromatic rings. The third-order valence-electron chi connectivity index (χ3n) is 5.02. The number of nitrogens with zero attached hydrogens (tertiary/aromatic N) is 2. The molecule has 1 aliphatic heterocycles. The summed E-state index contributed by atoms with van der Waals surface area (Å²) in [6.45, 7) is 6.36. The largest absolute Gasteiger partial charge is 0.481 e. The molecule has 0 spiro atoms. The topological polar surface area (TPSA) is 62.5 Å². The number of carboxylic acid groups (broad SMARTS) is 1. The van der Waals surface area contributed by atoms with Gasteiger partial charge >= 0.3 is 5.97 Å². The molecule has 0 saturated carbocycles. The normalized spacial score (nSPS) is 17.9. The molecule has 134 valence electrons. The highest BCUT2D eigenvalue weighted by Crippen LogP contribution is 2.21. The standard InChI is InChI=1S/C19H24N2O3S/c1-13-10-17(14(2)21(13)8-6-16-4-3-9-25-16)18(22)12-20-7-5-15(11-20)19(23)24/h3-4,9-10,15H,5-8,11-12H2,1-2H3,(H,23,24). The van der Waals surface area contributed by atoms with E-state index >= 15 is 0 Å². The second-order valence-corrected chi connectivity index (χ2v) is 7.78. The van der Waals surface area contributed by atoms with Gasteiger partial charge in [-0.15, -0.1) is 11.3 Å². The zero-order valence-corrected chi connectivity index (χ0v) is 15.5. The number of rotatable bonds is 7. The number of hydrogen-bond acceptors (Lipinski definition) is 4. The molecule has 3 heterocycles. The second kappa shape index (κ2) is 7.54. The Labute approximate surface area is 151 Å². The van der Waals surface area contributed by atoms with Crippen molar-refractivity contribution < 1.29 is 14.7 Å². The fourth-order valence-electron chi connectivity index (χ4n) is 3.57. The number of thiophene rings is 1. The van der Waals surface area contributed by atoms with Crippen molar-refractivity contribution in [1.82, 2.24) is 9.47 Å². The molecule has 25 heavy (non-hydrogen) atoms. The van der Waals surface area contributed by atoms with E-state index in [9.17, 15) is 9.59 Å². The van der Waals surface area contributed by atoms with Crippen molar-refractivity contribution >= 4 is 23.1 Å². The number of ketones is 1. The number of aromatic nitrogens is 1. The predicted octanol–water partition coefficient (Wildman–Crippen LogP) is 3.00. The minimum absolute atomic E-state index is 0.0847. The van der Waals surface area contributed by atoms with E-state index in [4.69, 9.17) is 5.11 Å². The van der Waals surface area contributed by atoms with Gasteiger partial charge in [-0.3, -0.25) is 14.5 Å². The highest BCUT2D eigenvalue weighted by Gasteiger charge is 2.29. The van der Waals surface area contributed by atoms with Crippen LogP contribution in [0.25, 0.3) is 0 Å². The van der Waals surface area contributed by atoms with Gasteiger partial charge in [-0.05, 0) is 50.7 Å². The van der Waals surface area contributed by atoms with Gasteiger partial charge in [0.2, 0.25) is 0 Å². The van der Waals surface area contributed by atoms with E-state index in [0.717, 1.165) is 29.9 Å². The number of aryl methyl sites for hydroxylation is 2. The number of likely N-dealkylation sites (tertiary alicyclic amines) is 1. The Kier molecular flexibility index (Phi) is 5.39. The maximum atomic E-state index is 12.7. The third-order valence-corrected chi connectivity index (χ3v) is 5.96. The number of aliphatic carboxylic acids is 1. The Balaban J connectivity index is 1.65. The highest BCUT2D eigenvalue weighted by molar-refractivity contribution is 7.09. The van der Waals surface area contributed by atoms with E-state index in [1.54, 1.807) is 11.3 Å². The van der Waals surface area contributed by atoms with Crippen molar-refractivity contribution in [2.45, 2.75) is 33.2 Å². The van der Waals surface area contributed by atoms with Crippen LogP contribution in [0.15, 0.2) is 23.6 Å². The van der Waals surface area contributed by atoms with Gasteiger partial charge in [-0.1, -0.05) is 6.07 Å². The molecule has 0 aliphatic carbocycles. The van der Waals surface area contributed by atoms with Gasteiger partial charge in [0.15, 0.2) is 5.78 Å². The van der Waals surface area contributed by atoms with Crippen molar-refractivity contribution in [2.75, 3.05) is 19.6 Å². The Bertz CT molecular complexity index is 764. The van der Waals surface area contributed by atoms with Crippen LogP contribution >= 0.6 is 11.3 Å². The summed E-state index contributed by atoms with van der Waals surface area (Å²) in [5, 5.41) is 11.2. The van der Waals surface area contributed by atoms with Crippen molar-refractivity contribution in [2.24, 2.45) is 5.92 Å². The van der Waals surface area contributed by atoms with E-state index in [2.05, 4.69) is 22.1 Å². The monoisotopic (exact) mass is 360 g/mol. The van der Waals surface area contributed by atoms with Gasteiger partial charge in [-0.25, -0.2) is 0 Å². The van der Waals surface area contributed by atoms with Crippen molar-refractivity contribution in [3.8, 4) is 0 Å². The molecule has 0 bridgehead atoms. The van der Waals surface area contributed by atoms with Crippen LogP contribution in [0.1, 0.15) is 33.0 Å². The number of carbonyl (C=O) groups is 2. The third kappa shape index (κ3) is 4.02. The number of hydrogen-bond donors (Lipinski definition) is 1. The van der Waals surface area contributed by atoms with Crippen molar-refractivity contribution in [3.63, 3.8) is 0 Å². The molecule has 6 heteroatoms. The van der Waals surface area contributed by atoms with Crippen LogP contribution in [-0.2, 0) is 17.8 Å². The second-order valence-electron chi connectivity index (χ2n) is 6.75. The summed E-state index contributed by atoms with van der Waals surface area (Å²) in [6, 6.07) is 6.17. The summed E-state index contributed by atoms with van der Waals surface area (Å²) in [5.74, 6) is -1.02. The van der Waals surface area contributed by atoms with Gasteiger partial charge in [-0.2, -0.15) is 0 Å². The molecule has 1 aliphatic rings. The summed E-state index contributed by atoms with van der Waals surface area (Å²) in [6.07, 6.45) is 1.59. The lowest BCUT2D eigenvalue weighted by Crippen LogP contribution is -2.29. The lowest BCUT2D eigenvalue weighted by atomic mass is 10.1. The van der Waals surface area contributed by atoms with Gasteiger partial charge in [0, 0.05) is 34.9 Å². The maximum Gasteiger partial charge on any atom is 0.307 e. The SMILES string of the molecule is Cc1cc(C(=O)CN2CCC(C(=O)O)C2)c(C)n1CCc1cccs1. The molecular weight excluding hydrogens is 336 g/mol. The summed E-state index contributed by atoms with van der Waals surface area (Å²) < 4.78 is 2.21. The molecule has 3 rings (SSSR count). The molecule has 0 amide bonds. The molecule has 1 N–H and O–H groups in total. The van der Waals surface area contributed by atoms with Crippen LogP contribution in [0.3, 0.4) is 0 Å². The van der Waals surface area contributed by atoms with E-state index in [0.29, 0.717) is 26.1 Å². The minimum Gasteiger partial charge on any atom is -0.481 e. The van der Waals surface area contributed by atoms with E-state index in [1.807, 2.05) is 24.8 Å². The fourth-order valence-corrected chi connectivity index (χ4v) is 4.27. The van der Waals surface area contributed by atoms with Gasteiger partial charge in [0.05, 0.1) is 12.5 Å². The lowest BCUT2D eigenvalue weighted by molar-refractivity contribution is -0.141. The van der Waals surface area contributed by atoms with Crippen molar-refractivity contribution in [3.05, 3.63) is 45.4 Å². The number of carboxylic acids is 1. The zero-order valence-electron chi connectivity index (χ0n) is 14.7. The molecular formula is C19H24N2O3S. The number of carbonyl (C=O) groups excluding carboxylic acids is 1. The lowest BCUT2D eigenvalue weighted by Gasteiger charge is -2.14. The van der Waals surface area contributed by atoms with Gasteiger partial charge < -0.3 is 9.67 Å². The fraction of sp³-hybridized carbons (Fsp3) is 0.474. The highest BCUT2D eigenvalue weighted by atomic mass is 32.1. The molecule has 2 aromatic heterocycles. The van der Waals surface area contributed by atoms with Gasteiger partial charge in [0.25, 0.3) is 0 Å². The van der Waals surface area contributed by atoms with Crippen LogP contribution in [0.4, 0.5) is 0 Å². The average molecular weight is 360 g/mol. The molecule has 5 nitrogen and oxygen atoms in total. The molecule has 1 saturated heterocycles. The van der Waals surface area contributed by atoms with E-state index < -0.39 is 5.97 Å². The maximum absolute atomic E-state index is 12.7. The predicted molar refractivity (Wildman–Crippen MR) is 98.4 cm³/mol. The summed E-state index contributed by atoms with van der Waals surface area (Å²) in [5.41, 5.74) is 2.87. The van der Waals surface area contributed by atoms with Crippen LogP contribution in [0.2, 0.25) is 0 Å². The first-order valence-electron chi connectivity index (χ1n) is 8.63. The summed E-state index contributed by atoms with van der Waals surface area (Å²) >= 11 is 1.76. The Morgan fingerprint density at radius 2 is 2.16 bits per heavy atom.